The number of carbonyl (C=O) groups is 1. The average molecular weight is 502 g/mol. The first-order chi connectivity index (χ1) is 13.1. The van der Waals surface area contributed by atoms with Crippen LogP contribution in [0, 0.1) is 5.92 Å². The van der Waals surface area contributed by atoms with E-state index in [2.05, 4.69) is 44.4 Å². The summed E-state index contributed by atoms with van der Waals surface area (Å²) < 4.78 is 10.8. The second-order valence-corrected chi connectivity index (χ2v) is 7.19. The average Bonchev–Trinajstić information content (AvgIpc) is 3.13. The Morgan fingerprint density at radius 2 is 2.11 bits per heavy atom. The lowest BCUT2D eigenvalue weighted by Gasteiger charge is -2.36. The number of carbonyl (C=O) groups excluding carboxylic acids is 1. The number of benzene rings is 1. The lowest BCUT2D eigenvalue weighted by atomic mass is 10.1. The molecule has 0 bridgehead atoms. The molecule has 0 saturated carbocycles. The molecular weight excluding hydrogens is 471 g/mol. The van der Waals surface area contributed by atoms with Crippen molar-refractivity contribution >= 4 is 35.9 Å². The van der Waals surface area contributed by atoms with Gasteiger partial charge in [0.05, 0.1) is 31.8 Å². The third kappa shape index (κ3) is 5.57. The van der Waals surface area contributed by atoms with Crippen LogP contribution in [0.5, 0.6) is 0 Å². The Bertz CT molecular complexity index is 658. The van der Waals surface area contributed by atoms with Gasteiger partial charge in [-0.2, -0.15) is 0 Å². The zero-order chi connectivity index (χ0) is 19.2. The number of ether oxygens (including phenoxy) is 2. The number of guanidine groups is 1. The molecule has 1 N–H and O–H groups in total. The Morgan fingerprint density at radius 1 is 1.36 bits per heavy atom. The van der Waals surface area contributed by atoms with Crippen molar-refractivity contribution in [1.82, 2.24) is 15.1 Å². The van der Waals surface area contributed by atoms with E-state index in [4.69, 9.17) is 9.47 Å². The molecule has 2 aliphatic rings. The molecule has 0 amide bonds. The highest BCUT2D eigenvalue weighted by molar-refractivity contribution is 14.0. The Labute approximate surface area is 184 Å². The van der Waals surface area contributed by atoms with Crippen LogP contribution in [0.4, 0.5) is 0 Å². The summed E-state index contributed by atoms with van der Waals surface area (Å²) in [6, 6.07) is 10.9. The van der Waals surface area contributed by atoms with Crippen LogP contribution < -0.4 is 5.32 Å². The second kappa shape index (κ2) is 11.0. The number of aliphatic imine (C=N–C) groups is 1. The molecule has 2 saturated heterocycles. The zero-order valence-corrected chi connectivity index (χ0v) is 19.2. The summed E-state index contributed by atoms with van der Waals surface area (Å²) in [5.74, 6) is 0.372. The van der Waals surface area contributed by atoms with Gasteiger partial charge in [-0.3, -0.25) is 14.7 Å². The number of morpholine rings is 1. The molecule has 2 heterocycles. The van der Waals surface area contributed by atoms with Gasteiger partial charge >= 0.3 is 5.97 Å². The third-order valence-electron chi connectivity index (χ3n) is 5.33. The minimum atomic E-state index is -0.220. The van der Waals surface area contributed by atoms with Gasteiger partial charge < -0.3 is 19.7 Å². The molecule has 0 radical (unpaired) electrons. The predicted molar refractivity (Wildman–Crippen MR) is 120 cm³/mol. The Hall–Kier alpha value is -1.39. The van der Waals surface area contributed by atoms with E-state index in [1.165, 1.54) is 12.7 Å². The molecule has 8 heteroatoms. The fraction of sp³-hybridized carbons (Fsp3) is 0.600. The molecule has 0 aliphatic carbocycles. The monoisotopic (exact) mass is 502 g/mol. The maximum Gasteiger partial charge on any atom is 0.310 e. The van der Waals surface area contributed by atoms with Gasteiger partial charge in [-0.1, -0.05) is 37.3 Å². The number of halogens is 1. The predicted octanol–water partition coefficient (Wildman–Crippen LogP) is 1.57. The zero-order valence-electron chi connectivity index (χ0n) is 16.8. The van der Waals surface area contributed by atoms with E-state index in [9.17, 15) is 4.79 Å². The SMILES string of the molecule is CN=C(NCC(C)C(=O)OC)N1CC2OCCN(Cc3ccccc3)C2C1.I. The summed E-state index contributed by atoms with van der Waals surface area (Å²) in [5.41, 5.74) is 1.33. The summed E-state index contributed by atoms with van der Waals surface area (Å²) in [6.45, 7) is 6.65. The molecule has 3 atom stereocenters. The van der Waals surface area contributed by atoms with Crippen molar-refractivity contribution in [3.8, 4) is 0 Å². The molecule has 2 aliphatic heterocycles. The fourth-order valence-electron chi connectivity index (χ4n) is 3.81. The number of nitrogens with zero attached hydrogens (tertiary/aromatic N) is 3. The molecule has 28 heavy (non-hydrogen) atoms. The van der Waals surface area contributed by atoms with E-state index in [0.717, 1.165) is 38.7 Å². The molecule has 1 aromatic carbocycles. The standard InChI is InChI=1S/C20H30N4O3.HI/c1-15(19(25)26-3)11-22-20(21-2)24-13-17-18(14-24)27-10-9-23(17)12-16-7-5-4-6-8-16;/h4-8,15,17-18H,9-14H2,1-3H3,(H,21,22);1H. The van der Waals surface area contributed by atoms with Crippen LogP contribution in [0.1, 0.15) is 12.5 Å². The lowest BCUT2D eigenvalue weighted by Crippen LogP contribution is -2.50. The molecule has 3 rings (SSSR count). The summed E-state index contributed by atoms with van der Waals surface area (Å²) in [7, 11) is 3.19. The number of fused-ring (bicyclic) bond motifs is 1. The molecule has 7 nitrogen and oxygen atoms in total. The van der Waals surface area contributed by atoms with Crippen LogP contribution in [0.3, 0.4) is 0 Å². The Balaban J connectivity index is 0.00000280. The summed E-state index contributed by atoms with van der Waals surface area (Å²) >= 11 is 0. The van der Waals surface area contributed by atoms with E-state index in [-0.39, 0.29) is 42.0 Å². The minimum absolute atomic E-state index is 0. The van der Waals surface area contributed by atoms with Gasteiger partial charge in [-0.25, -0.2) is 0 Å². The van der Waals surface area contributed by atoms with Crippen molar-refractivity contribution in [3.05, 3.63) is 35.9 Å². The van der Waals surface area contributed by atoms with E-state index in [0.29, 0.717) is 12.6 Å². The first kappa shape index (κ1) is 22.9. The van der Waals surface area contributed by atoms with Crippen molar-refractivity contribution in [2.24, 2.45) is 10.9 Å². The smallest absolute Gasteiger partial charge is 0.310 e. The number of methoxy groups -OCH3 is 1. The van der Waals surface area contributed by atoms with Gasteiger partial charge in [0.2, 0.25) is 0 Å². The highest BCUT2D eigenvalue weighted by Crippen LogP contribution is 2.24. The number of likely N-dealkylation sites (tertiary alicyclic amines) is 1. The van der Waals surface area contributed by atoms with Gasteiger partial charge in [-0.15, -0.1) is 24.0 Å². The molecule has 2 fully saturated rings. The Morgan fingerprint density at radius 3 is 2.79 bits per heavy atom. The minimum Gasteiger partial charge on any atom is -0.469 e. The number of hydrogen-bond acceptors (Lipinski definition) is 5. The molecule has 1 aromatic rings. The van der Waals surface area contributed by atoms with Crippen LogP contribution in [-0.4, -0.2) is 80.8 Å². The molecular formula is C20H31IN4O3. The highest BCUT2D eigenvalue weighted by atomic mass is 127. The number of esters is 1. The van der Waals surface area contributed by atoms with Crippen molar-refractivity contribution < 1.29 is 14.3 Å². The molecule has 3 unspecified atom stereocenters. The van der Waals surface area contributed by atoms with Crippen LogP contribution in [0.2, 0.25) is 0 Å². The van der Waals surface area contributed by atoms with Crippen LogP contribution >= 0.6 is 24.0 Å². The maximum absolute atomic E-state index is 11.6. The summed E-state index contributed by atoms with van der Waals surface area (Å²) in [6.07, 6.45) is 0.180. The molecule has 0 spiro atoms. The van der Waals surface area contributed by atoms with Crippen molar-refractivity contribution in [2.45, 2.75) is 25.6 Å². The normalized spacial score (nSPS) is 23.5. The third-order valence-corrected chi connectivity index (χ3v) is 5.33. The maximum atomic E-state index is 11.6. The van der Waals surface area contributed by atoms with Gasteiger partial charge in [0.15, 0.2) is 5.96 Å². The van der Waals surface area contributed by atoms with Crippen molar-refractivity contribution in [1.29, 1.82) is 0 Å². The fourth-order valence-corrected chi connectivity index (χ4v) is 3.81. The van der Waals surface area contributed by atoms with E-state index in [1.54, 1.807) is 7.05 Å². The largest absolute Gasteiger partial charge is 0.469 e. The van der Waals surface area contributed by atoms with Crippen molar-refractivity contribution in [2.75, 3.05) is 46.9 Å². The number of rotatable bonds is 5. The molecule has 0 aromatic heterocycles. The van der Waals surface area contributed by atoms with Gasteiger partial charge in [0, 0.05) is 39.8 Å². The molecule has 156 valence electrons. The second-order valence-electron chi connectivity index (χ2n) is 7.19. The van der Waals surface area contributed by atoms with E-state index in [1.807, 2.05) is 13.0 Å². The van der Waals surface area contributed by atoms with E-state index < -0.39 is 0 Å². The first-order valence-electron chi connectivity index (χ1n) is 9.55. The van der Waals surface area contributed by atoms with Crippen LogP contribution in [0.15, 0.2) is 35.3 Å². The van der Waals surface area contributed by atoms with Gasteiger partial charge in [0.25, 0.3) is 0 Å². The topological polar surface area (TPSA) is 66.4 Å². The summed E-state index contributed by atoms with van der Waals surface area (Å²) in [5, 5.41) is 3.30. The first-order valence-corrected chi connectivity index (χ1v) is 9.55. The van der Waals surface area contributed by atoms with E-state index >= 15 is 0 Å². The summed E-state index contributed by atoms with van der Waals surface area (Å²) in [4.78, 5) is 20.7. The van der Waals surface area contributed by atoms with Gasteiger partial charge in [-0.05, 0) is 5.56 Å². The highest BCUT2D eigenvalue weighted by Gasteiger charge is 2.41. The number of nitrogens with one attached hydrogen (secondary N) is 1. The van der Waals surface area contributed by atoms with Crippen molar-refractivity contribution in [3.63, 3.8) is 0 Å². The lowest BCUT2D eigenvalue weighted by molar-refractivity contribution is -0.144. The Kier molecular flexibility index (Phi) is 8.97. The van der Waals surface area contributed by atoms with Crippen LogP contribution in [0.25, 0.3) is 0 Å². The van der Waals surface area contributed by atoms with Gasteiger partial charge in [0.1, 0.15) is 0 Å². The van der Waals surface area contributed by atoms with Crippen LogP contribution in [-0.2, 0) is 20.8 Å². The quantitative estimate of drug-likeness (QED) is 0.286. The number of hydrogen-bond donors (Lipinski definition) is 1.